The van der Waals surface area contributed by atoms with Gasteiger partial charge in [-0.1, -0.05) is 13.0 Å². The van der Waals surface area contributed by atoms with Gasteiger partial charge >= 0.3 is 0 Å². The summed E-state index contributed by atoms with van der Waals surface area (Å²) in [5.41, 5.74) is 4.98. The zero-order valence-corrected chi connectivity index (χ0v) is 25.3. The molecule has 0 radical (unpaired) electrons. The van der Waals surface area contributed by atoms with Crippen molar-refractivity contribution in [2.24, 2.45) is 0 Å². The lowest BCUT2D eigenvalue weighted by Crippen LogP contribution is -2.29. The molecule has 1 fully saturated rings. The van der Waals surface area contributed by atoms with Crippen LogP contribution in [0, 0.1) is 24.0 Å². The van der Waals surface area contributed by atoms with Gasteiger partial charge in [-0.25, -0.2) is 0 Å². The number of nitro benzene ring substituents is 1. The van der Waals surface area contributed by atoms with Gasteiger partial charge in [0.05, 0.1) is 48.7 Å². The van der Waals surface area contributed by atoms with E-state index in [4.69, 9.17) is 21.7 Å². The summed E-state index contributed by atoms with van der Waals surface area (Å²) < 4.78 is 12.8. The van der Waals surface area contributed by atoms with Crippen LogP contribution in [0.5, 0.6) is 11.5 Å². The number of aromatic nitrogens is 2. The number of hydrogen-bond acceptors (Lipinski definition) is 7. The quantitative estimate of drug-likeness (QED) is 0.136. The van der Waals surface area contributed by atoms with Gasteiger partial charge < -0.3 is 29.6 Å². The molecule has 1 saturated heterocycles. The van der Waals surface area contributed by atoms with E-state index < -0.39 is 4.92 Å². The van der Waals surface area contributed by atoms with Crippen molar-refractivity contribution in [2.45, 2.75) is 39.3 Å². The van der Waals surface area contributed by atoms with Gasteiger partial charge in [0.25, 0.3) is 5.69 Å². The average Bonchev–Trinajstić information content (AvgIpc) is 3.51. The summed E-state index contributed by atoms with van der Waals surface area (Å²) in [6.45, 7) is 5.64. The predicted molar refractivity (Wildman–Crippen MR) is 168 cm³/mol. The topological polar surface area (TPSA) is 124 Å². The maximum atomic E-state index is 12.1. The number of ether oxygens (including phenoxy) is 2. The number of nitro groups is 1. The van der Waals surface area contributed by atoms with Gasteiger partial charge in [0, 0.05) is 35.8 Å². The van der Waals surface area contributed by atoms with Gasteiger partial charge in [0.1, 0.15) is 17.2 Å². The first-order valence-electron chi connectivity index (χ1n) is 13.7. The van der Waals surface area contributed by atoms with Gasteiger partial charge in [0.2, 0.25) is 5.91 Å². The molecule has 2 aromatic heterocycles. The van der Waals surface area contributed by atoms with Crippen molar-refractivity contribution in [3.63, 3.8) is 0 Å². The van der Waals surface area contributed by atoms with E-state index >= 15 is 0 Å². The Balaban J connectivity index is 1.68. The highest BCUT2D eigenvalue weighted by Gasteiger charge is 2.42. The van der Waals surface area contributed by atoms with Crippen molar-refractivity contribution in [1.29, 1.82) is 0 Å². The van der Waals surface area contributed by atoms with Gasteiger partial charge in [-0.3, -0.25) is 19.9 Å². The summed E-state index contributed by atoms with van der Waals surface area (Å²) in [5, 5.41) is 18.9. The number of pyridine rings is 1. The minimum absolute atomic E-state index is 0.0691. The van der Waals surface area contributed by atoms with E-state index in [-0.39, 0.29) is 23.7 Å². The number of rotatable bonds is 9. The first-order valence-corrected chi connectivity index (χ1v) is 14.1. The number of benzene rings is 2. The fraction of sp³-hybridized carbons (Fsp3) is 0.258. The summed E-state index contributed by atoms with van der Waals surface area (Å²) in [6.07, 6.45) is 2.07. The smallest absolute Gasteiger partial charge is 0.296 e. The zero-order chi connectivity index (χ0) is 30.8. The largest absolute Gasteiger partial charge is 0.496 e. The van der Waals surface area contributed by atoms with Crippen LogP contribution in [0.4, 0.5) is 17.1 Å². The van der Waals surface area contributed by atoms with Crippen LogP contribution in [0.1, 0.15) is 48.1 Å². The van der Waals surface area contributed by atoms with Crippen LogP contribution in [0.2, 0.25) is 0 Å². The molecule has 1 aliphatic rings. The Morgan fingerprint density at radius 2 is 1.91 bits per heavy atom. The number of hydrogen-bond donors (Lipinski definition) is 2. The maximum absolute atomic E-state index is 12.1. The molecule has 11 nitrogen and oxygen atoms in total. The van der Waals surface area contributed by atoms with Gasteiger partial charge in [-0.2, -0.15) is 0 Å². The molecule has 2 N–H and O–H groups in total. The van der Waals surface area contributed by atoms with E-state index in [1.807, 2.05) is 59.7 Å². The normalized spacial score (nSPS) is 16.1. The molecular formula is C31H32N6O5S. The molecule has 3 heterocycles. The van der Waals surface area contributed by atoms with Crippen LogP contribution < -0.4 is 25.0 Å². The maximum Gasteiger partial charge on any atom is 0.296 e. The van der Waals surface area contributed by atoms with Gasteiger partial charge in [-0.05, 0) is 74.1 Å². The standard InChI is InChI=1S/C31H32N6O5S/c1-6-28(38)33-23-12-10-20(16-27(23)42-5)36-30(29(34-31(36)43)24-9-7-8-14-32-24)22-15-18(2)35(19(22)3)25-13-11-21(41-4)17-26(25)37(39)40/h7-17,29-30H,6H2,1-5H3,(H,33,38)(H,34,43)/t29-,30-/m1/s1. The van der Waals surface area contributed by atoms with E-state index in [0.717, 1.165) is 28.3 Å². The molecule has 2 atom stereocenters. The third-order valence-electron chi connectivity index (χ3n) is 7.57. The summed E-state index contributed by atoms with van der Waals surface area (Å²) in [4.78, 5) is 30.4. The van der Waals surface area contributed by atoms with Crippen molar-refractivity contribution >= 4 is 40.3 Å². The SMILES string of the molecule is CCC(=O)Nc1ccc(N2C(=S)N[C@H](c3ccccn3)[C@H]2c2cc(C)n(-c3ccc(OC)cc3[N+](=O)[O-])c2C)cc1OC. The lowest BCUT2D eigenvalue weighted by Gasteiger charge is -2.29. The first-order chi connectivity index (χ1) is 20.7. The molecule has 2 aromatic carbocycles. The highest BCUT2D eigenvalue weighted by atomic mass is 32.1. The Bertz CT molecular complexity index is 1710. The third-order valence-corrected chi connectivity index (χ3v) is 7.88. The molecule has 222 valence electrons. The van der Waals surface area contributed by atoms with Crippen LogP contribution in [0.3, 0.4) is 0 Å². The highest BCUT2D eigenvalue weighted by molar-refractivity contribution is 7.80. The van der Waals surface area contributed by atoms with Crippen molar-refractivity contribution in [1.82, 2.24) is 14.9 Å². The number of anilines is 2. The van der Waals surface area contributed by atoms with Crippen LogP contribution in [-0.2, 0) is 4.79 Å². The summed E-state index contributed by atoms with van der Waals surface area (Å²) in [5.74, 6) is 0.761. The number of methoxy groups -OCH3 is 2. The van der Waals surface area contributed by atoms with Crippen molar-refractivity contribution in [3.8, 4) is 17.2 Å². The van der Waals surface area contributed by atoms with Gasteiger partial charge in [0.15, 0.2) is 5.11 Å². The van der Waals surface area contributed by atoms with Crippen molar-refractivity contribution in [2.75, 3.05) is 24.4 Å². The van der Waals surface area contributed by atoms with Crippen LogP contribution in [0.15, 0.2) is 66.9 Å². The van der Waals surface area contributed by atoms with Crippen LogP contribution in [-0.4, -0.2) is 39.7 Å². The molecule has 0 spiro atoms. The summed E-state index contributed by atoms with van der Waals surface area (Å²) >= 11 is 5.90. The minimum atomic E-state index is -0.406. The first kappa shape index (κ1) is 29.5. The number of aryl methyl sites for hydroxylation is 1. The van der Waals surface area contributed by atoms with E-state index in [9.17, 15) is 14.9 Å². The Hall–Kier alpha value is -4.97. The highest BCUT2D eigenvalue weighted by Crippen LogP contribution is 2.45. The molecule has 0 bridgehead atoms. The van der Waals surface area contributed by atoms with Gasteiger partial charge in [-0.15, -0.1) is 0 Å². The molecule has 12 heteroatoms. The Morgan fingerprint density at radius 1 is 1.12 bits per heavy atom. The molecule has 4 aromatic rings. The van der Waals surface area contributed by atoms with E-state index in [0.29, 0.717) is 34.4 Å². The second-order valence-electron chi connectivity index (χ2n) is 10.1. The molecule has 0 aliphatic carbocycles. The average molecular weight is 601 g/mol. The van der Waals surface area contributed by atoms with Crippen molar-refractivity contribution < 1.29 is 19.2 Å². The minimum Gasteiger partial charge on any atom is -0.496 e. The number of nitrogens with zero attached hydrogens (tertiary/aromatic N) is 4. The predicted octanol–water partition coefficient (Wildman–Crippen LogP) is 5.94. The van der Waals surface area contributed by atoms with E-state index in [1.54, 1.807) is 38.4 Å². The van der Waals surface area contributed by atoms with E-state index in [2.05, 4.69) is 15.6 Å². The molecule has 0 unspecified atom stereocenters. The Morgan fingerprint density at radius 3 is 2.56 bits per heavy atom. The van der Waals surface area contributed by atoms with Crippen LogP contribution in [0.25, 0.3) is 5.69 Å². The summed E-state index contributed by atoms with van der Waals surface area (Å²) in [7, 11) is 3.02. The molecule has 43 heavy (non-hydrogen) atoms. The molecular weight excluding hydrogens is 568 g/mol. The number of nitrogens with one attached hydrogen (secondary N) is 2. The molecule has 5 rings (SSSR count). The fourth-order valence-corrected chi connectivity index (χ4v) is 5.89. The Kier molecular flexibility index (Phi) is 8.31. The Labute approximate surface area is 254 Å². The third kappa shape index (κ3) is 5.48. The zero-order valence-electron chi connectivity index (χ0n) is 24.5. The number of carbonyl (C=O) groups is 1. The summed E-state index contributed by atoms with van der Waals surface area (Å²) in [6, 6.07) is 17.4. The second-order valence-corrected chi connectivity index (χ2v) is 10.4. The van der Waals surface area contributed by atoms with Crippen LogP contribution >= 0.6 is 12.2 Å². The van der Waals surface area contributed by atoms with Crippen molar-refractivity contribution in [3.05, 3.63) is 99.6 Å². The number of thiocarbonyl (C=S) groups is 1. The number of carbonyl (C=O) groups excluding carboxylic acids is 1. The lowest BCUT2D eigenvalue weighted by atomic mass is 9.96. The lowest BCUT2D eigenvalue weighted by molar-refractivity contribution is -0.384. The fourth-order valence-electron chi connectivity index (χ4n) is 5.54. The molecule has 1 aliphatic heterocycles. The molecule has 1 amide bonds. The monoisotopic (exact) mass is 600 g/mol. The number of amides is 1. The molecule has 0 saturated carbocycles. The second kappa shape index (κ2) is 12.1. The van der Waals surface area contributed by atoms with E-state index in [1.165, 1.54) is 13.2 Å².